The molecule has 0 aliphatic carbocycles. The SMILES string of the molecule is Cl.NC(=O)C1CCC2OCCCC(=O)N21. The van der Waals surface area contributed by atoms with Crippen molar-refractivity contribution in [1.29, 1.82) is 0 Å². The molecule has 0 aromatic heterocycles. The average molecular weight is 235 g/mol. The lowest BCUT2D eigenvalue weighted by molar-refractivity contribution is -0.145. The molecule has 86 valence electrons. The van der Waals surface area contributed by atoms with E-state index in [1.54, 1.807) is 0 Å². The van der Waals surface area contributed by atoms with Gasteiger partial charge in [0.05, 0.1) is 0 Å². The largest absolute Gasteiger partial charge is 0.368 e. The molecule has 2 fully saturated rings. The molecule has 2 atom stereocenters. The molecule has 6 heteroatoms. The number of hydrogen-bond acceptors (Lipinski definition) is 3. The van der Waals surface area contributed by atoms with Crippen LogP contribution in [-0.2, 0) is 14.3 Å². The Balaban J connectivity index is 0.00000112. The molecule has 2 N–H and O–H groups in total. The predicted octanol–water partition coefficient (Wildman–Crippen LogP) is 0.0210. The highest BCUT2D eigenvalue weighted by molar-refractivity contribution is 5.87. The number of carbonyl (C=O) groups excluding carboxylic acids is 2. The Hall–Kier alpha value is -0.810. The third-order valence-electron chi connectivity index (χ3n) is 2.79. The average Bonchev–Trinajstić information content (AvgIpc) is 2.48. The number of ether oxygens (including phenoxy) is 1. The summed E-state index contributed by atoms with van der Waals surface area (Å²) in [6.45, 7) is 0.596. The molecular weight excluding hydrogens is 220 g/mol. The lowest BCUT2D eigenvalue weighted by atomic mass is 10.2. The fourth-order valence-corrected chi connectivity index (χ4v) is 2.13. The van der Waals surface area contributed by atoms with Gasteiger partial charge in [0.2, 0.25) is 11.8 Å². The van der Waals surface area contributed by atoms with Crippen LogP contribution >= 0.6 is 12.4 Å². The molecule has 0 spiro atoms. The maximum Gasteiger partial charge on any atom is 0.240 e. The first kappa shape index (κ1) is 12.3. The molecule has 15 heavy (non-hydrogen) atoms. The van der Waals surface area contributed by atoms with Gasteiger partial charge in [-0.05, 0) is 19.3 Å². The van der Waals surface area contributed by atoms with Crippen LogP contribution in [0.3, 0.4) is 0 Å². The summed E-state index contributed by atoms with van der Waals surface area (Å²) >= 11 is 0. The smallest absolute Gasteiger partial charge is 0.240 e. The highest BCUT2D eigenvalue weighted by Crippen LogP contribution is 2.28. The number of amides is 2. The number of nitrogens with zero attached hydrogens (tertiary/aromatic N) is 1. The first-order valence-electron chi connectivity index (χ1n) is 4.92. The van der Waals surface area contributed by atoms with Gasteiger partial charge in [-0.1, -0.05) is 0 Å². The van der Waals surface area contributed by atoms with Gasteiger partial charge in [-0.3, -0.25) is 9.59 Å². The van der Waals surface area contributed by atoms with Gasteiger partial charge in [-0.15, -0.1) is 12.4 Å². The van der Waals surface area contributed by atoms with Crippen molar-refractivity contribution in [3.05, 3.63) is 0 Å². The molecule has 2 heterocycles. The van der Waals surface area contributed by atoms with Crippen molar-refractivity contribution in [3.8, 4) is 0 Å². The highest BCUT2D eigenvalue weighted by atomic mass is 35.5. The van der Waals surface area contributed by atoms with E-state index in [4.69, 9.17) is 10.5 Å². The lowest BCUT2D eigenvalue weighted by Gasteiger charge is -2.26. The van der Waals surface area contributed by atoms with E-state index in [-0.39, 0.29) is 24.5 Å². The van der Waals surface area contributed by atoms with Gasteiger partial charge in [-0.2, -0.15) is 0 Å². The molecule has 0 saturated carbocycles. The second-order valence-corrected chi connectivity index (χ2v) is 3.73. The Kier molecular flexibility index (Phi) is 3.93. The van der Waals surface area contributed by atoms with Crippen molar-refractivity contribution in [2.75, 3.05) is 6.61 Å². The van der Waals surface area contributed by atoms with E-state index in [1.165, 1.54) is 4.90 Å². The Morgan fingerprint density at radius 3 is 2.87 bits per heavy atom. The molecule has 2 aliphatic heterocycles. The minimum Gasteiger partial charge on any atom is -0.368 e. The minimum atomic E-state index is -0.453. The van der Waals surface area contributed by atoms with Gasteiger partial charge in [0.25, 0.3) is 0 Å². The van der Waals surface area contributed by atoms with Crippen molar-refractivity contribution in [2.45, 2.75) is 38.0 Å². The number of rotatable bonds is 1. The molecule has 2 aliphatic rings. The van der Waals surface area contributed by atoms with Crippen LogP contribution in [0.4, 0.5) is 0 Å². The van der Waals surface area contributed by atoms with Crippen molar-refractivity contribution >= 4 is 24.2 Å². The van der Waals surface area contributed by atoms with Crippen LogP contribution < -0.4 is 5.73 Å². The molecule has 0 aromatic carbocycles. The summed E-state index contributed by atoms with van der Waals surface area (Å²) in [5.41, 5.74) is 5.23. The summed E-state index contributed by atoms with van der Waals surface area (Å²) in [5.74, 6) is -0.430. The Morgan fingerprint density at radius 2 is 2.20 bits per heavy atom. The van der Waals surface area contributed by atoms with E-state index in [9.17, 15) is 9.59 Å². The number of carbonyl (C=O) groups is 2. The van der Waals surface area contributed by atoms with Crippen LogP contribution in [0.5, 0.6) is 0 Å². The number of primary amides is 1. The summed E-state index contributed by atoms with van der Waals surface area (Å²) in [7, 11) is 0. The van der Waals surface area contributed by atoms with Gasteiger partial charge in [0.15, 0.2) is 0 Å². The highest BCUT2D eigenvalue weighted by Gasteiger charge is 2.41. The molecular formula is C9H15ClN2O3. The van der Waals surface area contributed by atoms with Gasteiger partial charge >= 0.3 is 0 Å². The van der Waals surface area contributed by atoms with E-state index in [0.717, 1.165) is 12.8 Å². The van der Waals surface area contributed by atoms with Crippen LogP contribution in [-0.4, -0.2) is 35.6 Å². The van der Waals surface area contributed by atoms with Crippen LogP contribution in [0.15, 0.2) is 0 Å². The first-order valence-corrected chi connectivity index (χ1v) is 4.92. The van der Waals surface area contributed by atoms with E-state index >= 15 is 0 Å². The molecule has 2 amide bonds. The van der Waals surface area contributed by atoms with Crippen LogP contribution in [0, 0.1) is 0 Å². The van der Waals surface area contributed by atoms with E-state index in [2.05, 4.69) is 0 Å². The molecule has 2 unspecified atom stereocenters. The third kappa shape index (κ3) is 2.23. The summed E-state index contributed by atoms with van der Waals surface area (Å²) in [6, 6.07) is -0.453. The summed E-state index contributed by atoms with van der Waals surface area (Å²) < 4.78 is 5.48. The summed E-state index contributed by atoms with van der Waals surface area (Å²) in [4.78, 5) is 24.3. The zero-order valence-electron chi connectivity index (χ0n) is 8.35. The Bertz CT molecular complexity index is 272. The first-order chi connectivity index (χ1) is 6.70. The third-order valence-corrected chi connectivity index (χ3v) is 2.79. The standard InChI is InChI=1S/C9H14N2O3.ClH/c10-9(13)6-3-4-8-11(6)7(12)2-1-5-14-8;/h6,8H,1-5H2,(H2,10,13);1H. The van der Waals surface area contributed by atoms with Crippen molar-refractivity contribution in [3.63, 3.8) is 0 Å². The lowest BCUT2D eigenvalue weighted by Crippen LogP contribution is -2.47. The zero-order valence-corrected chi connectivity index (χ0v) is 9.16. The number of halogens is 1. The summed E-state index contributed by atoms with van der Waals surface area (Å²) in [6.07, 6.45) is 2.32. The molecule has 2 rings (SSSR count). The topological polar surface area (TPSA) is 72.6 Å². The summed E-state index contributed by atoms with van der Waals surface area (Å²) in [5, 5.41) is 0. The van der Waals surface area contributed by atoms with E-state index in [1.807, 2.05) is 0 Å². The van der Waals surface area contributed by atoms with E-state index in [0.29, 0.717) is 19.4 Å². The van der Waals surface area contributed by atoms with Crippen molar-refractivity contribution in [1.82, 2.24) is 4.90 Å². The monoisotopic (exact) mass is 234 g/mol. The maximum atomic E-state index is 11.6. The fraction of sp³-hybridized carbons (Fsp3) is 0.778. The predicted molar refractivity (Wildman–Crippen MR) is 55.3 cm³/mol. The van der Waals surface area contributed by atoms with Gasteiger partial charge in [-0.25, -0.2) is 0 Å². The second-order valence-electron chi connectivity index (χ2n) is 3.73. The minimum absolute atomic E-state index is 0. The fourth-order valence-electron chi connectivity index (χ4n) is 2.13. The van der Waals surface area contributed by atoms with E-state index < -0.39 is 11.9 Å². The van der Waals surface area contributed by atoms with Gasteiger partial charge in [0.1, 0.15) is 12.3 Å². The molecule has 2 saturated heterocycles. The number of fused-ring (bicyclic) bond motifs is 1. The maximum absolute atomic E-state index is 11.6. The second kappa shape index (κ2) is 4.81. The number of nitrogens with two attached hydrogens (primary N) is 1. The normalized spacial score (nSPS) is 30.4. The van der Waals surface area contributed by atoms with Gasteiger partial charge in [0, 0.05) is 13.0 Å². The van der Waals surface area contributed by atoms with Crippen molar-refractivity contribution < 1.29 is 14.3 Å². The number of hydrogen-bond donors (Lipinski definition) is 1. The molecule has 0 radical (unpaired) electrons. The molecule has 0 aromatic rings. The molecule has 5 nitrogen and oxygen atoms in total. The Morgan fingerprint density at radius 1 is 1.47 bits per heavy atom. The molecule has 0 bridgehead atoms. The van der Waals surface area contributed by atoms with Crippen LogP contribution in [0.2, 0.25) is 0 Å². The zero-order chi connectivity index (χ0) is 10.1. The van der Waals surface area contributed by atoms with Crippen molar-refractivity contribution in [2.24, 2.45) is 5.73 Å². The quantitative estimate of drug-likeness (QED) is 0.695. The van der Waals surface area contributed by atoms with Crippen LogP contribution in [0.25, 0.3) is 0 Å². The van der Waals surface area contributed by atoms with Crippen LogP contribution in [0.1, 0.15) is 25.7 Å². The Labute approximate surface area is 94.3 Å². The van der Waals surface area contributed by atoms with Gasteiger partial charge < -0.3 is 15.4 Å².